The maximum atomic E-state index is 9.87. The van der Waals surface area contributed by atoms with Crippen LogP contribution in [-0.4, -0.2) is 29.4 Å². The molecule has 0 bridgehead atoms. The van der Waals surface area contributed by atoms with Gasteiger partial charge >= 0.3 is 0 Å². The van der Waals surface area contributed by atoms with Crippen molar-refractivity contribution in [2.24, 2.45) is 5.92 Å². The van der Waals surface area contributed by atoms with Gasteiger partial charge in [-0.3, -0.25) is 0 Å². The van der Waals surface area contributed by atoms with E-state index in [0.717, 1.165) is 35.2 Å². The number of anilines is 1. The number of halogens is 1. The van der Waals surface area contributed by atoms with Crippen LogP contribution in [0.25, 0.3) is 0 Å². The minimum absolute atomic E-state index is 0.263. The highest BCUT2D eigenvalue weighted by Gasteiger charge is 2.27. The zero-order valence-electron chi connectivity index (χ0n) is 10.8. The molecule has 0 radical (unpaired) electrons. The molecule has 1 aliphatic heterocycles. The molecule has 18 heavy (non-hydrogen) atoms. The quantitative estimate of drug-likeness (QED) is 0.901. The van der Waals surface area contributed by atoms with Gasteiger partial charge in [0.25, 0.3) is 0 Å². The molecule has 4 heteroatoms. The van der Waals surface area contributed by atoms with E-state index in [0.29, 0.717) is 5.92 Å². The fraction of sp³-hybridized carbons (Fsp3) is 0.571. The van der Waals surface area contributed by atoms with E-state index in [1.807, 2.05) is 25.1 Å². The first-order valence-electron chi connectivity index (χ1n) is 6.39. The highest BCUT2D eigenvalue weighted by atomic mass is 79.9. The van der Waals surface area contributed by atoms with E-state index in [1.165, 1.54) is 0 Å². The van der Waals surface area contributed by atoms with Gasteiger partial charge in [0.05, 0.1) is 12.2 Å². The molecule has 1 aromatic rings. The Hall–Kier alpha value is -0.580. The van der Waals surface area contributed by atoms with Gasteiger partial charge in [0.15, 0.2) is 0 Å². The molecule has 100 valence electrons. The number of aliphatic hydroxyl groups excluding tert-OH is 2. The number of aliphatic hydroxyl groups is 2. The summed E-state index contributed by atoms with van der Waals surface area (Å²) in [6.07, 6.45) is 0.260. The number of hydrogen-bond acceptors (Lipinski definition) is 3. The van der Waals surface area contributed by atoms with Crippen LogP contribution in [0.2, 0.25) is 0 Å². The van der Waals surface area contributed by atoms with Gasteiger partial charge in [-0.15, -0.1) is 0 Å². The van der Waals surface area contributed by atoms with Gasteiger partial charge in [0.2, 0.25) is 0 Å². The zero-order chi connectivity index (χ0) is 13.3. The van der Waals surface area contributed by atoms with Crippen molar-refractivity contribution in [3.63, 3.8) is 0 Å². The average molecular weight is 314 g/mol. The maximum Gasteiger partial charge on any atom is 0.0782 e. The van der Waals surface area contributed by atoms with Crippen LogP contribution in [0.5, 0.6) is 0 Å². The molecule has 3 atom stereocenters. The summed E-state index contributed by atoms with van der Waals surface area (Å²) in [5.41, 5.74) is 2.02. The molecule has 0 saturated carbocycles. The topological polar surface area (TPSA) is 43.7 Å². The largest absolute Gasteiger partial charge is 0.393 e. The molecule has 3 unspecified atom stereocenters. The first kappa shape index (κ1) is 13.8. The number of nitrogens with zero attached hydrogens (tertiary/aromatic N) is 1. The molecule has 0 aromatic heterocycles. The first-order chi connectivity index (χ1) is 8.49. The minimum Gasteiger partial charge on any atom is -0.393 e. The Labute approximate surface area is 117 Å². The molecule has 2 rings (SSSR count). The van der Waals surface area contributed by atoms with Crippen molar-refractivity contribution in [3.8, 4) is 0 Å². The monoisotopic (exact) mass is 313 g/mol. The Kier molecular flexibility index (Phi) is 4.30. The van der Waals surface area contributed by atoms with Gasteiger partial charge in [-0.05, 0) is 38.5 Å². The highest BCUT2D eigenvalue weighted by Crippen LogP contribution is 2.33. The molecular weight excluding hydrogens is 294 g/mol. The van der Waals surface area contributed by atoms with E-state index >= 15 is 0 Å². The Morgan fingerprint density at radius 2 is 2.06 bits per heavy atom. The Morgan fingerprint density at radius 3 is 2.61 bits per heavy atom. The summed E-state index contributed by atoms with van der Waals surface area (Å²) in [4.78, 5) is 2.26. The smallest absolute Gasteiger partial charge is 0.0782 e. The van der Waals surface area contributed by atoms with Gasteiger partial charge in [-0.2, -0.15) is 0 Å². The van der Waals surface area contributed by atoms with Gasteiger partial charge in [-0.1, -0.05) is 15.9 Å². The summed E-state index contributed by atoms with van der Waals surface area (Å²) in [6, 6.07) is 6.00. The molecule has 1 aliphatic rings. The standard InChI is InChI=1S/C14H20BrNO2/c1-9(17)11-5-6-16(8-11)14-4-3-12(15)7-13(14)10(2)18/h3-4,7,9-11,17-18H,5-6,8H2,1-2H3. The van der Waals surface area contributed by atoms with E-state index in [9.17, 15) is 10.2 Å². The molecule has 0 aliphatic carbocycles. The van der Waals surface area contributed by atoms with E-state index in [2.05, 4.69) is 20.8 Å². The lowest BCUT2D eigenvalue weighted by molar-refractivity contribution is 0.136. The summed E-state index contributed by atoms with van der Waals surface area (Å²) >= 11 is 3.44. The van der Waals surface area contributed by atoms with E-state index < -0.39 is 6.10 Å². The third kappa shape index (κ3) is 2.87. The van der Waals surface area contributed by atoms with Crippen LogP contribution < -0.4 is 4.90 Å². The lowest BCUT2D eigenvalue weighted by Gasteiger charge is -2.24. The third-order valence-electron chi connectivity index (χ3n) is 3.69. The molecule has 0 spiro atoms. The van der Waals surface area contributed by atoms with Crippen molar-refractivity contribution in [3.05, 3.63) is 28.2 Å². The second-order valence-corrected chi connectivity index (χ2v) is 6.03. The van der Waals surface area contributed by atoms with E-state index in [4.69, 9.17) is 0 Å². The Balaban J connectivity index is 2.24. The molecule has 3 nitrogen and oxygen atoms in total. The lowest BCUT2D eigenvalue weighted by atomic mass is 10.0. The summed E-state index contributed by atoms with van der Waals surface area (Å²) in [7, 11) is 0. The number of hydrogen-bond donors (Lipinski definition) is 2. The SMILES string of the molecule is CC(O)c1cc(Br)ccc1N1CCC(C(C)O)C1. The maximum absolute atomic E-state index is 9.87. The molecule has 1 fully saturated rings. The van der Waals surface area contributed by atoms with Crippen LogP contribution in [0.15, 0.2) is 22.7 Å². The van der Waals surface area contributed by atoms with Crippen LogP contribution >= 0.6 is 15.9 Å². The number of benzene rings is 1. The fourth-order valence-corrected chi connectivity index (χ4v) is 2.93. The minimum atomic E-state index is -0.483. The third-order valence-corrected chi connectivity index (χ3v) is 4.18. The van der Waals surface area contributed by atoms with Crippen LogP contribution in [0.3, 0.4) is 0 Å². The van der Waals surface area contributed by atoms with Crippen molar-refractivity contribution in [2.45, 2.75) is 32.5 Å². The van der Waals surface area contributed by atoms with Crippen molar-refractivity contribution >= 4 is 21.6 Å². The van der Waals surface area contributed by atoms with Crippen molar-refractivity contribution in [1.29, 1.82) is 0 Å². The van der Waals surface area contributed by atoms with Crippen molar-refractivity contribution in [1.82, 2.24) is 0 Å². The predicted molar refractivity (Wildman–Crippen MR) is 76.8 cm³/mol. The van der Waals surface area contributed by atoms with Crippen LogP contribution in [-0.2, 0) is 0 Å². The van der Waals surface area contributed by atoms with E-state index in [-0.39, 0.29) is 6.10 Å². The summed E-state index contributed by atoms with van der Waals surface area (Å²) in [5, 5.41) is 19.5. The first-order valence-corrected chi connectivity index (χ1v) is 7.19. The molecule has 1 aromatic carbocycles. The predicted octanol–water partition coefficient (Wildman–Crippen LogP) is 2.71. The normalized spacial score (nSPS) is 23.2. The second-order valence-electron chi connectivity index (χ2n) is 5.11. The Morgan fingerprint density at radius 1 is 1.33 bits per heavy atom. The van der Waals surface area contributed by atoms with E-state index in [1.54, 1.807) is 6.92 Å². The average Bonchev–Trinajstić information content (AvgIpc) is 2.78. The Bertz CT molecular complexity index is 420. The molecule has 0 amide bonds. The van der Waals surface area contributed by atoms with Gasteiger partial charge in [0, 0.05) is 34.7 Å². The second kappa shape index (κ2) is 5.59. The zero-order valence-corrected chi connectivity index (χ0v) is 12.4. The highest BCUT2D eigenvalue weighted by molar-refractivity contribution is 9.10. The van der Waals surface area contributed by atoms with Gasteiger partial charge in [0.1, 0.15) is 0 Å². The van der Waals surface area contributed by atoms with Crippen molar-refractivity contribution < 1.29 is 10.2 Å². The molecule has 1 heterocycles. The summed E-state index contributed by atoms with van der Waals surface area (Å²) in [5.74, 6) is 0.329. The summed E-state index contributed by atoms with van der Waals surface area (Å²) in [6.45, 7) is 5.44. The molecule has 1 saturated heterocycles. The number of rotatable bonds is 3. The van der Waals surface area contributed by atoms with Crippen LogP contribution in [0, 0.1) is 5.92 Å². The lowest BCUT2D eigenvalue weighted by Crippen LogP contribution is -2.25. The fourth-order valence-electron chi connectivity index (χ4n) is 2.55. The van der Waals surface area contributed by atoms with Gasteiger partial charge < -0.3 is 15.1 Å². The van der Waals surface area contributed by atoms with Crippen molar-refractivity contribution in [2.75, 3.05) is 18.0 Å². The van der Waals surface area contributed by atoms with Gasteiger partial charge in [-0.25, -0.2) is 0 Å². The summed E-state index contributed by atoms with van der Waals surface area (Å²) < 4.78 is 0.980. The van der Waals surface area contributed by atoms with Crippen LogP contribution in [0.4, 0.5) is 5.69 Å². The molecule has 2 N–H and O–H groups in total. The van der Waals surface area contributed by atoms with Crippen LogP contribution in [0.1, 0.15) is 31.9 Å². The molecular formula is C14H20BrNO2.